The molecule has 0 bridgehead atoms. The Kier molecular flexibility index (Phi) is 8.69. The van der Waals surface area contributed by atoms with E-state index in [9.17, 15) is 15.0 Å². The van der Waals surface area contributed by atoms with Crippen molar-refractivity contribution in [1.29, 1.82) is 0 Å². The highest BCUT2D eigenvalue weighted by atomic mass is 16.5. The number of ether oxygens (including phenoxy) is 3. The summed E-state index contributed by atoms with van der Waals surface area (Å²) >= 11 is 0. The largest absolute Gasteiger partial charge is 0.491 e. The molecular weight excluding hydrogens is 384 g/mol. The van der Waals surface area contributed by atoms with Crippen molar-refractivity contribution in [1.82, 2.24) is 0 Å². The van der Waals surface area contributed by atoms with Gasteiger partial charge in [-0.2, -0.15) is 0 Å². The van der Waals surface area contributed by atoms with Crippen LogP contribution in [0.1, 0.15) is 45.2 Å². The maximum atomic E-state index is 10.8. The van der Waals surface area contributed by atoms with Gasteiger partial charge in [-0.05, 0) is 41.8 Å². The van der Waals surface area contributed by atoms with Crippen molar-refractivity contribution in [2.75, 3.05) is 19.8 Å². The molecule has 2 aromatic carbocycles. The summed E-state index contributed by atoms with van der Waals surface area (Å²) in [6.45, 7) is 7.75. The monoisotopic (exact) mass is 416 g/mol. The minimum atomic E-state index is -0.871. The molecule has 0 aliphatic heterocycles. The van der Waals surface area contributed by atoms with E-state index in [0.717, 1.165) is 16.9 Å². The van der Waals surface area contributed by atoms with Gasteiger partial charge in [0.25, 0.3) is 0 Å². The second kappa shape index (κ2) is 11.0. The molecule has 0 heterocycles. The third kappa shape index (κ3) is 7.04. The zero-order chi connectivity index (χ0) is 22.1. The summed E-state index contributed by atoms with van der Waals surface area (Å²) in [6, 6.07) is 15.6. The first-order valence-electron chi connectivity index (χ1n) is 10.2. The van der Waals surface area contributed by atoms with Crippen LogP contribution in [0.25, 0.3) is 0 Å². The standard InChI is InChI=1S/C24H32O6/c1-5-20(26)14-29-22-10-6-18(7-11-22)24(3,4)19-8-12-23(13-9-19)30-16-21(27)15-28-17(2)25/h6-13,20-21,26-27H,5,14-16H2,1-4H3/t20-,21-/m1/s1. The first-order chi connectivity index (χ1) is 14.2. The second-order valence-electron chi connectivity index (χ2n) is 7.81. The van der Waals surface area contributed by atoms with Gasteiger partial charge in [0.2, 0.25) is 0 Å². The Morgan fingerprint density at radius 2 is 1.27 bits per heavy atom. The Morgan fingerprint density at radius 1 is 0.833 bits per heavy atom. The molecule has 0 saturated heterocycles. The van der Waals surface area contributed by atoms with Crippen molar-refractivity contribution in [3.05, 3.63) is 59.7 Å². The van der Waals surface area contributed by atoms with Gasteiger partial charge in [-0.3, -0.25) is 4.79 Å². The lowest BCUT2D eigenvalue weighted by molar-refractivity contribution is -0.144. The van der Waals surface area contributed by atoms with Crippen LogP contribution in [0, 0.1) is 0 Å². The normalized spacial score (nSPS) is 13.4. The Balaban J connectivity index is 1.96. The molecule has 2 atom stereocenters. The molecule has 0 aliphatic carbocycles. The third-order valence-corrected chi connectivity index (χ3v) is 4.99. The van der Waals surface area contributed by atoms with Gasteiger partial charge in [0.1, 0.15) is 37.4 Å². The highest BCUT2D eigenvalue weighted by Crippen LogP contribution is 2.33. The molecule has 6 heteroatoms. The van der Waals surface area contributed by atoms with E-state index in [1.165, 1.54) is 6.92 Å². The molecule has 164 valence electrons. The van der Waals surface area contributed by atoms with Crippen LogP contribution in [0.3, 0.4) is 0 Å². The van der Waals surface area contributed by atoms with E-state index in [2.05, 4.69) is 13.8 Å². The van der Waals surface area contributed by atoms with Crippen LogP contribution in [0.4, 0.5) is 0 Å². The number of hydrogen-bond donors (Lipinski definition) is 2. The van der Waals surface area contributed by atoms with Crippen molar-refractivity contribution < 1.29 is 29.2 Å². The van der Waals surface area contributed by atoms with E-state index in [1.54, 1.807) is 0 Å². The van der Waals surface area contributed by atoms with Crippen molar-refractivity contribution >= 4 is 5.97 Å². The number of aliphatic hydroxyl groups excluding tert-OH is 2. The minimum Gasteiger partial charge on any atom is -0.491 e. The minimum absolute atomic E-state index is 0.0458. The Labute approximate surface area is 178 Å². The molecule has 0 radical (unpaired) electrons. The molecule has 0 aliphatic rings. The SMILES string of the molecule is CC[C@@H](O)COc1ccc(C(C)(C)c2ccc(OC[C@H](O)COC(C)=O)cc2)cc1. The summed E-state index contributed by atoms with van der Waals surface area (Å²) < 4.78 is 15.9. The van der Waals surface area contributed by atoms with Crippen molar-refractivity contribution in [3.8, 4) is 11.5 Å². The molecule has 0 unspecified atom stereocenters. The molecular formula is C24H32O6. The molecule has 0 amide bonds. The molecule has 2 aromatic rings. The summed E-state index contributed by atoms with van der Waals surface area (Å²) in [7, 11) is 0. The van der Waals surface area contributed by atoms with Gasteiger partial charge < -0.3 is 24.4 Å². The van der Waals surface area contributed by atoms with Crippen LogP contribution in [0.2, 0.25) is 0 Å². The van der Waals surface area contributed by atoms with Gasteiger partial charge in [0, 0.05) is 12.3 Å². The number of hydrogen-bond acceptors (Lipinski definition) is 6. The average Bonchev–Trinajstić information content (AvgIpc) is 2.75. The highest BCUT2D eigenvalue weighted by molar-refractivity contribution is 5.65. The fourth-order valence-electron chi connectivity index (χ4n) is 2.87. The summed E-state index contributed by atoms with van der Waals surface area (Å²) in [5.41, 5.74) is 2.02. The Hall–Kier alpha value is -2.57. The maximum absolute atomic E-state index is 10.8. The van der Waals surface area contributed by atoms with Gasteiger partial charge in [0.15, 0.2) is 0 Å². The highest BCUT2D eigenvalue weighted by Gasteiger charge is 2.23. The van der Waals surface area contributed by atoms with E-state index >= 15 is 0 Å². The summed E-state index contributed by atoms with van der Waals surface area (Å²) in [5, 5.41) is 19.4. The smallest absolute Gasteiger partial charge is 0.302 e. The Morgan fingerprint density at radius 3 is 1.67 bits per heavy atom. The molecule has 0 fully saturated rings. The second-order valence-corrected chi connectivity index (χ2v) is 7.81. The van der Waals surface area contributed by atoms with Crippen LogP contribution in [0.15, 0.2) is 48.5 Å². The van der Waals surface area contributed by atoms with Gasteiger partial charge in [0.05, 0.1) is 6.10 Å². The lowest BCUT2D eigenvalue weighted by Gasteiger charge is -2.26. The van der Waals surface area contributed by atoms with Crippen LogP contribution >= 0.6 is 0 Å². The van der Waals surface area contributed by atoms with Crippen molar-refractivity contribution in [2.45, 2.75) is 51.7 Å². The zero-order valence-electron chi connectivity index (χ0n) is 18.1. The number of benzene rings is 2. The van der Waals surface area contributed by atoms with Crippen molar-refractivity contribution in [2.24, 2.45) is 0 Å². The van der Waals surface area contributed by atoms with E-state index in [0.29, 0.717) is 12.2 Å². The van der Waals surface area contributed by atoms with Gasteiger partial charge >= 0.3 is 5.97 Å². The van der Waals surface area contributed by atoms with E-state index in [1.807, 2.05) is 55.5 Å². The zero-order valence-corrected chi connectivity index (χ0v) is 18.1. The van der Waals surface area contributed by atoms with E-state index in [4.69, 9.17) is 14.2 Å². The summed E-state index contributed by atoms with van der Waals surface area (Å²) in [6.07, 6.45) is -0.662. The fourth-order valence-corrected chi connectivity index (χ4v) is 2.87. The topological polar surface area (TPSA) is 85.2 Å². The predicted molar refractivity (Wildman–Crippen MR) is 115 cm³/mol. The number of carbonyl (C=O) groups is 1. The van der Waals surface area contributed by atoms with Crippen molar-refractivity contribution in [3.63, 3.8) is 0 Å². The number of esters is 1. The molecule has 0 saturated carbocycles. The van der Waals surface area contributed by atoms with Crippen LogP contribution in [-0.2, 0) is 14.9 Å². The number of carbonyl (C=O) groups excluding carboxylic acids is 1. The number of rotatable bonds is 11. The van der Waals surface area contributed by atoms with Gasteiger partial charge in [-0.1, -0.05) is 45.0 Å². The van der Waals surface area contributed by atoms with Crippen LogP contribution in [0.5, 0.6) is 11.5 Å². The first kappa shape index (κ1) is 23.7. The van der Waals surface area contributed by atoms with Gasteiger partial charge in [-0.15, -0.1) is 0 Å². The molecule has 0 aromatic heterocycles. The molecule has 6 nitrogen and oxygen atoms in total. The molecule has 0 spiro atoms. The van der Waals surface area contributed by atoms with Crippen LogP contribution in [-0.4, -0.2) is 48.2 Å². The summed E-state index contributed by atoms with van der Waals surface area (Å²) in [4.78, 5) is 10.8. The fraction of sp³-hybridized carbons (Fsp3) is 0.458. The summed E-state index contributed by atoms with van der Waals surface area (Å²) in [5.74, 6) is 0.937. The Bertz CT molecular complexity index is 782. The number of aliphatic hydroxyl groups is 2. The van der Waals surface area contributed by atoms with Crippen LogP contribution < -0.4 is 9.47 Å². The lowest BCUT2D eigenvalue weighted by Crippen LogP contribution is -2.24. The average molecular weight is 417 g/mol. The van der Waals surface area contributed by atoms with Gasteiger partial charge in [-0.25, -0.2) is 0 Å². The third-order valence-electron chi connectivity index (χ3n) is 4.99. The van der Waals surface area contributed by atoms with E-state index < -0.39 is 18.2 Å². The molecule has 2 rings (SSSR count). The lowest BCUT2D eigenvalue weighted by atomic mass is 9.78. The van der Waals surface area contributed by atoms with E-state index in [-0.39, 0.29) is 25.2 Å². The maximum Gasteiger partial charge on any atom is 0.302 e. The first-order valence-corrected chi connectivity index (χ1v) is 10.2. The molecule has 30 heavy (non-hydrogen) atoms. The molecule has 2 N–H and O–H groups in total. The quantitative estimate of drug-likeness (QED) is 0.546. The predicted octanol–water partition coefficient (Wildman–Crippen LogP) is 3.47.